The topological polar surface area (TPSA) is 52.3 Å². The molecule has 1 rings (SSSR count). The largest absolute Gasteiger partial charge is 0.496 e. The second-order valence-electron chi connectivity index (χ2n) is 4.60. The Balaban J connectivity index is 2.93. The van der Waals surface area contributed by atoms with Gasteiger partial charge in [0.2, 0.25) is 0 Å². The summed E-state index contributed by atoms with van der Waals surface area (Å²) in [5.41, 5.74) is 6.35. The first-order valence-electron chi connectivity index (χ1n) is 6.48. The minimum atomic E-state index is -0.388. The fraction of sp³-hybridized carbons (Fsp3) is 0.533. The highest BCUT2D eigenvalue weighted by Gasteiger charge is 2.33. The lowest BCUT2D eigenvalue weighted by atomic mass is 9.76. The highest BCUT2D eigenvalue weighted by atomic mass is 16.5. The van der Waals surface area contributed by atoms with Crippen molar-refractivity contribution in [3.05, 3.63) is 29.8 Å². The third kappa shape index (κ3) is 2.91. The number of ether oxygens (including phenoxy) is 1. The fourth-order valence-corrected chi connectivity index (χ4v) is 2.26. The molecule has 100 valence electrons. The van der Waals surface area contributed by atoms with Crippen LogP contribution in [-0.4, -0.2) is 19.4 Å². The van der Waals surface area contributed by atoms with Crippen molar-refractivity contribution < 1.29 is 9.53 Å². The number of rotatable bonds is 7. The Bertz CT molecular complexity index is 389. The molecule has 2 N–H and O–H groups in total. The molecule has 0 aliphatic carbocycles. The molecule has 0 bridgehead atoms. The number of benzene rings is 1. The van der Waals surface area contributed by atoms with Crippen molar-refractivity contribution in [1.29, 1.82) is 0 Å². The summed E-state index contributed by atoms with van der Waals surface area (Å²) in [5, 5.41) is 0. The van der Waals surface area contributed by atoms with Gasteiger partial charge >= 0.3 is 0 Å². The van der Waals surface area contributed by atoms with Gasteiger partial charge in [0.25, 0.3) is 0 Å². The normalized spacial score (nSPS) is 11.3. The molecule has 18 heavy (non-hydrogen) atoms. The van der Waals surface area contributed by atoms with Crippen LogP contribution in [0.5, 0.6) is 5.75 Å². The van der Waals surface area contributed by atoms with Gasteiger partial charge in [-0.05, 0) is 18.9 Å². The Hall–Kier alpha value is -1.35. The van der Waals surface area contributed by atoms with E-state index in [1.807, 2.05) is 38.1 Å². The maximum atomic E-state index is 12.5. The Morgan fingerprint density at radius 1 is 1.28 bits per heavy atom. The number of para-hydroxylation sites is 1. The molecule has 0 aromatic heterocycles. The molecule has 0 aliphatic heterocycles. The van der Waals surface area contributed by atoms with Crippen LogP contribution in [0.4, 0.5) is 0 Å². The predicted octanol–water partition coefficient (Wildman–Crippen LogP) is 2.57. The average molecular weight is 249 g/mol. The van der Waals surface area contributed by atoms with Gasteiger partial charge in [-0.3, -0.25) is 4.79 Å². The van der Waals surface area contributed by atoms with Crippen molar-refractivity contribution in [3.63, 3.8) is 0 Å². The van der Waals surface area contributed by atoms with Crippen molar-refractivity contribution in [2.45, 2.75) is 33.1 Å². The summed E-state index contributed by atoms with van der Waals surface area (Å²) in [7, 11) is 1.62. The second kappa shape index (κ2) is 6.55. The zero-order valence-corrected chi connectivity index (χ0v) is 11.5. The summed E-state index contributed by atoms with van der Waals surface area (Å²) >= 11 is 0. The molecular formula is C15H23NO2. The van der Waals surface area contributed by atoms with Crippen LogP contribution in [0, 0.1) is 5.41 Å². The molecule has 0 aliphatic rings. The minimum Gasteiger partial charge on any atom is -0.496 e. The minimum absolute atomic E-state index is 0.208. The summed E-state index contributed by atoms with van der Waals surface area (Å²) in [6.45, 7) is 4.46. The number of nitrogens with two attached hydrogens (primary N) is 1. The molecule has 0 saturated carbocycles. The number of hydrogen-bond donors (Lipinski definition) is 1. The first kappa shape index (κ1) is 14.7. The quantitative estimate of drug-likeness (QED) is 0.808. The van der Waals surface area contributed by atoms with E-state index in [0.29, 0.717) is 13.0 Å². The van der Waals surface area contributed by atoms with E-state index in [1.165, 1.54) is 0 Å². The summed E-state index contributed by atoms with van der Waals surface area (Å²) in [4.78, 5) is 12.5. The van der Waals surface area contributed by atoms with Crippen LogP contribution in [-0.2, 0) is 11.2 Å². The molecule has 0 amide bonds. The second-order valence-corrected chi connectivity index (χ2v) is 4.60. The molecule has 3 nitrogen and oxygen atoms in total. The summed E-state index contributed by atoms with van der Waals surface area (Å²) in [5.74, 6) is 0.975. The molecule has 0 spiro atoms. The highest BCUT2D eigenvalue weighted by molar-refractivity contribution is 5.87. The fourth-order valence-electron chi connectivity index (χ4n) is 2.26. The zero-order chi connectivity index (χ0) is 13.6. The zero-order valence-electron chi connectivity index (χ0n) is 11.5. The van der Waals surface area contributed by atoms with E-state index in [-0.39, 0.29) is 11.2 Å². The molecule has 3 heteroatoms. The van der Waals surface area contributed by atoms with Gasteiger partial charge < -0.3 is 10.5 Å². The van der Waals surface area contributed by atoms with Gasteiger partial charge in [-0.2, -0.15) is 0 Å². The highest BCUT2D eigenvalue weighted by Crippen LogP contribution is 2.29. The SMILES string of the molecule is CCC(CC)(CN)C(=O)Cc1ccccc1OC. The smallest absolute Gasteiger partial charge is 0.144 e. The van der Waals surface area contributed by atoms with E-state index in [1.54, 1.807) is 7.11 Å². The van der Waals surface area contributed by atoms with Crippen LogP contribution in [0.3, 0.4) is 0 Å². The van der Waals surface area contributed by atoms with Gasteiger partial charge in [-0.1, -0.05) is 32.0 Å². The molecule has 0 saturated heterocycles. The van der Waals surface area contributed by atoms with Crippen LogP contribution in [0.15, 0.2) is 24.3 Å². The molecule has 0 radical (unpaired) electrons. The lowest BCUT2D eigenvalue weighted by molar-refractivity contribution is -0.128. The predicted molar refractivity (Wildman–Crippen MR) is 73.8 cm³/mol. The molecule has 0 unspecified atom stereocenters. The van der Waals surface area contributed by atoms with Crippen molar-refractivity contribution in [3.8, 4) is 5.75 Å². The first-order chi connectivity index (χ1) is 8.63. The standard InChI is InChI=1S/C15H23NO2/c1-4-15(5-2,11-16)14(17)10-12-8-6-7-9-13(12)18-3/h6-9H,4-5,10-11,16H2,1-3H3. The Labute approximate surface area is 109 Å². The maximum Gasteiger partial charge on any atom is 0.144 e. The summed E-state index contributed by atoms with van der Waals surface area (Å²) < 4.78 is 5.28. The number of methoxy groups -OCH3 is 1. The van der Waals surface area contributed by atoms with Crippen LogP contribution in [0.2, 0.25) is 0 Å². The van der Waals surface area contributed by atoms with Crippen LogP contribution in [0.1, 0.15) is 32.3 Å². The van der Waals surface area contributed by atoms with Crippen molar-refractivity contribution in [2.75, 3.05) is 13.7 Å². The lowest BCUT2D eigenvalue weighted by Crippen LogP contribution is -2.38. The number of Topliss-reactive ketones (excluding diaryl/α,β-unsaturated/α-hetero) is 1. The van der Waals surface area contributed by atoms with Crippen molar-refractivity contribution in [1.82, 2.24) is 0 Å². The Morgan fingerprint density at radius 2 is 1.89 bits per heavy atom. The number of hydrogen-bond acceptors (Lipinski definition) is 3. The third-order valence-electron chi connectivity index (χ3n) is 3.88. The molecule has 1 aromatic rings. The van der Waals surface area contributed by atoms with E-state index >= 15 is 0 Å². The van der Waals surface area contributed by atoms with E-state index < -0.39 is 0 Å². The van der Waals surface area contributed by atoms with E-state index in [9.17, 15) is 4.79 Å². The van der Waals surface area contributed by atoms with Gasteiger partial charge in [0.05, 0.1) is 7.11 Å². The third-order valence-corrected chi connectivity index (χ3v) is 3.88. The van der Waals surface area contributed by atoms with Crippen LogP contribution < -0.4 is 10.5 Å². The van der Waals surface area contributed by atoms with Crippen molar-refractivity contribution >= 4 is 5.78 Å². The van der Waals surface area contributed by atoms with Gasteiger partial charge in [0.1, 0.15) is 11.5 Å². The number of ketones is 1. The van der Waals surface area contributed by atoms with Crippen LogP contribution in [0.25, 0.3) is 0 Å². The maximum absolute atomic E-state index is 12.5. The molecule has 0 fully saturated rings. The van der Waals surface area contributed by atoms with E-state index in [2.05, 4.69) is 0 Å². The number of carbonyl (C=O) groups is 1. The van der Waals surface area contributed by atoms with Gasteiger partial charge in [-0.25, -0.2) is 0 Å². The molecular weight excluding hydrogens is 226 g/mol. The van der Waals surface area contributed by atoms with Gasteiger partial charge in [-0.15, -0.1) is 0 Å². The molecule has 1 aromatic carbocycles. The monoisotopic (exact) mass is 249 g/mol. The van der Waals surface area contributed by atoms with Gasteiger partial charge in [0.15, 0.2) is 0 Å². The lowest BCUT2D eigenvalue weighted by Gasteiger charge is -2.28. The van der Waals surface area contributed by atoms with Crippen molar-refractivity contribution in [2.24, 2.45) is 11.1 Å². The Morgan fingerprint density at radius 3 is 2.39 bits per heavy atom. The summed E-state index contributed by atoms with van der Waals surface area (Å²) in [6, 6.07) is 7.64. The number of carbonyl (C=O) groups excluding carboxylic acids is 1. The van der Waals surface area contributed by atoms with E-state index in [4.69, 9.17) is 10.5 Å². The molecule has 0 atom stereocenters. The van der Waals surface area contributed by atoms with E-state index in [0.717, 1.165) is 24.2 Å². The first-order valence-corrected chi connectivity index (χ1v) is 6.48. The molecule has 0 heterocycles. The van der Waals surface area contributed by atoms with Crippen LogP contribution >= 0.6 is 0 Å². The van der Waals surface area contributed by atoms with Gasteiger partial charge in [0, 0.05) is 23.9 Å². The average Bonchev–Trinajstić information content (AvgIpc) is 2.42. The Kier molecular flexibility index (Phi) is 5.35. The summed E-state index contributed by atoms with van der Waals surface area (Å²) in [6.07, 6.45) is 1.96.